The lowest BCUT2D eigenvalue weighted by molar-refractivity contribution is -0.00145. The third kappa shape index (κ3) is 4.69. The summed E-state index contributed by atoms with van der Waals surface area (Å²) in [6, 6.07) is 4.27. The fourth-order valence-corrected chi connectivity index (χ4v) is 4.13. The van der Waals surface area contributed by atoms with Crippen molar-refractivity contribution in [1.29, 1.82) is 0 Å². The van der Waals surface area contributed by atoms with Crippen molar-refractivity contribution in [3.05, 3.63) is 23.3 Å². The maximum atomic E-state index is 12.7. The quantitative estimate of drug-likeness (QED) is 0.740. The molecular weight excluding hydrogens is 342 g/mol. The number of hydrogen-bond acceptors (Lipinski definition) is 4. The molecule has 0 N–H and O–H groups in total. The van der Waals surface area contributed by atoms with Gasteiger partial charge in [-0.15, -0.1) is 0 Å². The van der Waals surface area contributed by atoms with E-state index in [9.17, 15) is 4.79 Å². The van der Waals surface area contributed by atoms with Gasteiger partial charge < -0.3 is 19.1 Å². The molecule has 1 aliphatic heterocycles. The van der Waals surface area contributed by atoms with Crippen LogP contribution in [-0.4, -0.2) is 43.4 Å². The topological polar surface area (TPSA) is 48.0 Å². The van der Waals surface area contributed by atoms with E-state index in [1.807, 2.05) is 45.6 Å². The number of rotatable bonds is 2. The van der Waals surface area contributed by atoms with Crippen LogP contribution in [0.1, 0.15) is 58.6 Å². The molecule has 5 heteroatoms. The van der Waals surface area contributed by atoms with E-state index in [1.165, 1.54) is 11.1 Å². The molecule has 3 rings (SSSR count). The summed E-state index contributed by atoms with van der Waals surface area (Å²) in [5, 5.41) is 0. The monoisotopic (exact) mass is 377 g/mol. The van der Waals surface area contributed by atoms with Gasteiger partial charge in [-0.1, -0.05) is 19.9 Å². The normalized spacial score (nSPS) is 21.2. The van der Waals surface area contributed by atoms with Gasteiger partial charge in [0.05, 0.1) is 14.2 Å². The molecule has 1 aromatic rings. The van der Waals surface area contributed by atoms with Gasteiger partial charge in [-0.05, 0) is 64.0 Å². The van der Waals surface area contributed by atoms with Gasteiger partial charge in [-0.25, -0.2) is 4.79 Å². The van der Waals surface area contributed by atoms with Crippen molar-refractivity contribution in [2.75, 3.05) is 20.8 Å². The van der Waals surface area contributed by atoms with Crippen molar-refractivity contribution >= 4 is 6.09 Å². The lowest BCUT2D eigenvalue weighted by Gasteiger charge is -2.44. The maximum absolute atomic E-state index is 12.7. The second kappa shape index (κ2) is 8.85. The van der Waals surface area contributed by atoms with Gasteiger partial charge in [-0.2, -0.15) is 0 Å². The minimum absolute atomic E-state index is 0.189. The zero-order valence-electron chi connectivity index (χ0n) is 17.9. The molecule has 0 bridgehead atoms. The minimum atomic E-state index is -0.465. The maximum Gasteiger partial charge on any atom is 0.410 e. The molecule has 27 heavy (non-hydrogen) atoms. The smallest absolute Gasteiger partial charge is 0.410 e. The standard InChI is InChI=1S/C20H29NO4.C2H6/c1-20(2,3)25-19(22)21-10-6-7-14-11-15-13(12-16(14)21)8-9-17(23-4)18(15)24-5;1-2/h8-9,14,16H,6-7,10-12H2,1-5H3;1-2H3/t14-,16?;/m1./s1. The first-order chi connectivity index (χ1) is 12.8. The van der Waals surface area contributed by atoms with E-state index in [-0.39, 0.29) is 12.1 Å². The van der Waals surface area contributed by atoms with Crippen molar-refractivity contribution < 1.29 is 19.0 Å². The molecule has 1 heterocycles. The molecule has 2 aliphatic rings. The van der Waals surface area contributed by atoms with Crippen LogP contribution in [0, 0.1) is 5.92 Å². The number of ether oxygens (including phenoxy) is 3. The Balaban J connectivity index is 0.00000126. The van der Waals surface area contributed by atoms with Crippen LogP contribution in [0.25, 0.3) is 0 Å². The molecule has 0 spiro atoms. The first kappa shape index (κ1) is 21.4. The highest BCUT2D eigenvalue weighted by Crippen LogP contribution is 2.42. The summed E-state index contributed by atoms with van der Waals surface area (Å²) in [5.41, 5.74) is 2.01. The lowest BCUT2D eigenvalue weighted by Crippen LogP contribution is -2.53. The Morgan fingerprint density at radius 2 is 1.81 bits per heavy atom. The van der Waals surface area contributed by atoms with Crippen LogP contribution < -0.4 is 9.47 Å². The summed E-state index contributed by atoms with van der Waals surface area (Å²) in [5.74, 6) is 2.06. The van der Waals surface area contributed by atoms with Gasteiger partial charge in [0.1, 0.15) is 5.60 Å². The van der Waals surface area contributed by atoms with Crippen LogP contribution in [-0.2, 0) is 17.6 Å². The average molecular weight is 378 g/mol. The van der Waals surface area contributed by atoms with Crippen LogP contribution in [0.2, 0.25) is 0 Å². The molecule has 1 saturated heterocycles. The Kier molecular flexibility index (Phi) is 7.01. The van der Waals surface area contributed by atoms with Crippen LogP contribution in [0.5, 0.6) is 11.5 Å². The number of piperidine rings is 1. The van der Waals surface area contributed by atoms with Gasteiger partial charge >= 0.3 is 6.09 Å². The number of methoxy groups -OCH3 is 2. The highest BCUT2D eigenvalue weighted by Gasteiger charge is 2.40. The molecule has 1 aromatic carbocycles. The van der Waals surface area contributed by atoms with E-state index >= 15 is 0 Å². The molecule has 0 aromatic heterocycles. The first-order valence-electron chi connectivity index (χ1n) is 10.1. The molecule has 152 valence electrons. The minimum Gasteiger partial charge on any atom is -0.493 e. The fourth-order valence-electron chi connectivity index (χ4n) is 4.13. The SMILES string of the molecule is CC.COc1ccc2c(c1OC)C[C@H]1CCCN(C(=O)OC(C)(C)C)C1C2. The van der Waals surface area contributed by atoms with Gasteiger partial charge in [0.15, 0.2) is 11.5 Å². The van der Waals surface area contributed by atoms with E-state index < -0.39 is 5.60 Å². The number of nitrogens with zero attached hydrogens (tertiary/aromatic N) is 1. The Bertz CT molecular complexity index is 650. The Hall–Kier alpha value is -1.91. The Morgan fingerprint density at radius 1 is 1.11 bits per heavy atom. The second-order valence-corrected chi connectivity index (χ2v) is 7.99. The Morgan fingerprint density at radius 3 is 2.41 bits per heavy atom. The highest BCUT2D eigenvalue weighted by molar-refractivity contribution is 5.69. The summed E-state index contributed by atoms with van der Waals surface area (Å²) in [7, 11) is 3.36. The van der Waals surface area contributed by atoms with Crippen LogP contribution in [0.4, 0.5) is 4.79 Å². The van der Waals surface area contributed by atoms with Gasteiger partial charge in [-0.3, -0.25) is 0 Å². The predicted molar refractivity (Wildman–Crippen MR) is 108 cm³/mol. The predicted octanol–water partition coefficient (Wildman–Crippen LogP) is 4.84. The van der Waals surface area contributed by atoms with Crippen LogP contribution in [0.3, 0.4) is 0 Å². The highest BCUT2D eigenvalue weighted by atomic mass is 16.6. The van der Waals surface area contributed by atoms with Crippen molar-refractivity contribution in [2.45, 2.75) is 71.9 Å². The summed E-state index contributed by atoms with van der Waals surface area (Å²) in [4.78, 5) is 14.6. The summed E-state index contributed by atoms with van der Waals surface area (Å²) < 4.78 is 16.7. The number of likely N-dealkylation sites (tertiary alicyclic amines) is 1. The Labute approximate surface area is 164 Å². The summed E-state index contributed by atoms with van der Waals surface area (Å²) in [6.45, 7) is 10.5. The second-order valence-electron chi connectivity index (χ2n) is 7.99. The van der Waals surface area contributed by atoms with Crippen LogP contribution in [0.15, 0.2) is 12.1 Å². The molecule has 1 aliphatic carbocycles. The third-order valence-electron chi connectivity index (χ3n) is 5.19. The number of amides is 1. The molecule has 0 radical (unpaired) electrons. The number of benzene rings is 1. The van der Waals surface area contributed by atoms with E-state index in [2.05, 4.69) is 6.07 Å². The van der Waals surface area contributed by atoms with Gasteiger partial charge in [0.25, 0.3) is 0 Å². The molecule has 2 atom stereocenters. The molecule has 1 unspecified atom stereocenters. The van der Waals surface area contributed by atoms with Gasteiger partial charge in [0, 0.05) is 18.2 Å². The molecule has 0 saturated carbocycles. The molecule has 5 nitrogen and oxygen atoms in total. The third-order valence-corrected chi connectivity index (χ3v) is 5.19. The van der Waals surface area contributed by atoms with Crippen molar-refractivity contribution in [2.24, 2.45) is 5.92 Å². The number of carbonyl (C=O) groups is 1. The number of hydrogen-bond donors (Lipinski definition) is 0. The van der Waals surface area contributed by atoms with Crippen LogP contribution >= 0.6 is 0 Å². The zero-order valence-corrected chi connectivity index (χ0v) is 17.9. The van der Waals surface area contributed by atoms with E-state index in [0.29, 0.717) is 5.92 Å². The average Bonchev–Trinajstić information content (AvgIpc) is 2.65. The fraction of sp³-hybridized carbons (Fsp3) is 0.682. The first-order valence-corrected chi connectivity index (χ1v) is 10.1. The van der Waals surface area contributed by atoms with E-state index in [1.54, 1.807) is 14.2 Å². The van der Waals surface area contributed by atoms with E-state index in [4.69, 9.17) is 14.2 Å². The number of fused-ring (bicyclic) bond motifs is 2. The summed E-state index contributed by atoms with van der Waals surface area (Å²) >= 11 is 0. The van der Waals surface area contributed by atoms with Crippen molar-refractivity contribution in [3.8, 4) is 11.5 Å². The molecule has 1 fully saturated rings. The molecule has 1 amide bonds. The van der Waals surface area contributed by atoms with Gasteiger partial charge in [0.2, 0.25) is 0 Å². The number of carbonyl (C=O) groups excluding carboxylic acids is 1. The van der Waals surface area contributed by atoms with E-state index in [0.717, 1.165) is 43.7 Å². The summed E-state index contributed by atoms with van der Waals surface area (Å²) in [6.07, 6.45) is 3.72. The largest absolute Gasteiger partial charge is 0.493 e. The van der Waals surface area contributed by atoms with Crippen molar-refractivity contribution in [1.82, 2.24) is 4.90 Å². The lowest BCUT2D eigenvalue weighted by atomic mass is 9.75. The zero-order chi connectivity index (χ0) is 20.2. The molecular formula is C22H35NO4. The van der Waals surface area contributed by atoms with Crippen molar-refractivity contribution in [3.63, 3.8) is 0 Å².